The number of para-hydroxylation sites is 1. The van der Waals surface area contributed by atoms with Gasteiger partial charge in [-0.25, -0.2) is 4.39 Å². The maximum absolute atomic E-state index is 13.4. The first-order valence-electron chi connectivity index (χ1n) is 7.14. The molecule has 1 aliphatic heterocycles. The number of nitrogens with one attached hydrogen (secondary N) is 2. The summed E-state index contributed by atoms with van der Waals surface area (Å²) in [6.45, 7) is 3.13. The van der Waals surface area contributed by atoms with Crippen LogP contribution in [0.3, 0.4) is 0 Å². The molecule has 2 rings (SSSR count). The van der Waals surface area contributed by atoms with Gasteiger partial charge in [0.2, 0.25) is 5.91 Å². The van der Waals surface area contributed by atoms with Crippen molar-refractivity contribution >= 4 is 30.1 Å². The third kappa shape index (κ3) is 6.42. The zero-order chi connectivity index (χ0) is 15.1. The van der Waals surface area contributed by atoms with Crippen LogP contribution < -0.4 is 15.4 Å². The molecule has 124 valence electrons. The van der Waals surface area contributed by atoms with E-state index in [4.69, 9.17) is 4.74 Å². The fourth-order valence-corrected chi connectivity index (χ4v) is 3.05. The van der Waals surface area contributed by atoms with E-state index in [2.05, 4.69) is 10.6 Å². The van der Waals surface area contributed by atoms with Crippen LogP contribution in [-0.2, 0) is 4.79 Å². The summed E-state index contributed by atoms with van der Waals surface area (Å²) in [5, 5.41) is 6.16. The van der Waals surface area contributed by atoms with Gasteiger partial charge in [-0.1, -0.05) is 12.1 Å². The van der Waals surface area contributed by atoms with Crippen LogP contribution in [0.15, 0.2) is 24.3 Å². The van der Waals surface area contributed by atoms with Gasteiger partial charge in [-0.05, 0) is 19.1 Å². The van der Waals surface area contributed by atoms with E-state index in [1.165, 1.54) is 6.07 Å². The molecule has 7 heteroatoms. The quantitative estimate of drug-likeness (QED) is 0.827. The lowest BCUT2D eigenvalue weighted by atomic mass is 10.2. The molecule has 0 spiro atoms. The van der Waals surface area contributed by atoms with Gasteiger partial charge in [-0.3, -0.25) is 4.79 Å². The first-order chi connectivity index (χ1) is 10.1. The van der Waals surface area contributed by atoms with Crippen molar-refractivity contribution in [3.63, 3.8) is 0 Å². The number of thioether (sulfide) groups is 1. The van der Waals surface area contributed by atoms with E-state index < -0.39 is 0 Å². The fourth-order valence-electron chi connectivity index (χ4n) is 2.10. The van der Waals surface area contributed by atoms with Crippen molar-refractivity contribution in [1.82, 2.24) is 10.6 Å². The van der Waals surface area contributed by atoms with Crippen molar-refractivity contribution < 1.29 is 13.9 Å². The van der Waals surface area contributed by atoms with Crippen LogP contribution in [0.25, 0.3) is 0 Å². The minimum atomic E-state index is -0.390. The van der Waals surface area contributed by atoms with Gasteiger partial charge < -0.3 is 15.4 Å². The minimum Gasteiger partial charge on any atom is -0.486 e. The topological polar surface area (TPSA) is 50.4 Å². The van der Waals surface area contributed by atoms with Crippen LogP contribution in [0.2, 0.25) is 0 Å². The highest BCUT2D eigenvalue weighted by molar-refractivity contribution is 7.99. The van der Waals surface area contributed by atoms with Crippen molar-refractivity contribution in [3.8, 4) is 5.75 Å². The molecule has 1 heterocycles. The molecule has 0 aromatic heterocycles. The Morgan fingerprint density at radius 1 is 1.55 bits per heavy atom. The summed E-state index contributed by atoms with van der Waals surface area (Å²) in [6, 6.07) is 6.51. The number of hydrogen-bond acceptors (Lipinski definition) is 4. The van der Waals surface area contributed by atoms with Gasteiger partial charge in [-0.2, -0.15) is 11.8 Å². The molecule has 22 heavy (non-hydrogen) atoms. The molecular formula is C15H22ClFN2O2S. The van der Waals surface area contributed by atoms with E-state index >= 15 is 0 Å². The van der Waals surface area contributed by atoms with E-state index in [0.717, 1.165) is 18.1 Å². The molecule has 0 aliphatic carbocycles. The Labute approximate surface area is 141 Å². The Kier molecular flexibility index (Phi) is 8.60. The molecule has 0 bridgehead atoms. The van der Waals surface area contributed by atoms with Gasteiger partial charge in [0.15, 0.2) is 11.6 Å². The Balaban J connectivity index is 0.00000242. The van der Waals surface area contributed by atoms with Gasteiger partial charge in [0, 0.05) is 30.5 Å². The van der Waals surface area contributed by atoms with Crippen LogP contribution in [0, 0.1) is 5.82 Å². The standard InChI is InChI=1S/C15H21FN2O2S.ClH/c1-11(20-14-5-3-2-4-13(14)16)9-18-15(19)8-12-10-21-7-6-17-12;/h2-5,11-12,17H,6-10H2,1H3,(H,18,19);1H. The number of benzene rings is 1. The maximum Gasteiger partial charge on any atom is 0.221 e. The molecule has 1 amide bonds. The van der Waals surface area contributed by atoms with Gasteiger partial charge in [0.25, 0.3) is 0 Å². The summed E-state index contributed by atoms with van der Waals surface area (Å²) in [5.74, 6) is 1.89. The lowest BCUT2D eigenvalue weighted by molar-refractivity contribution is -0.121. The van der Waals surface area contributed by atoms with Crippen LogP contribution in [0.5, 0.6) is 5.75 Å². The lowest BCUT2D eigenvalue weighted by Crippen LogP contribution is -2.42. The monoisotopic (exact) mass is 348 g/mol. The maximum atomic E-state index is 13.4. The third-order valence-electron chi connectivity index (χ3n) is 3.18. The summed E-state index contributed by atoms with van der Waals surface area (Å²) in [7, 11) is 0. The Morgan fingerprint density at radius 2 is 2.32 bits per heavy atom. The molecule has 1 aromatic rings. The number of hydrogen-bond donors (Lipinski definition) is 2. The largest absolute Gasteiger partial charge is 0.486 e. The van der Waals surface area contributed by atoms with Crippen molar-refractivity contribution in [2.75, 3.05) is 24.6 Å². The Hall–Kier alpha value is -0.980. The number of carbonyl (C=O) groups is 1. The van der Waals surface area contributed by atoms with Crippen molar-refractivity contribution in [1.29, 1.82) is 0 Å². The summed E-state index contributed by atoms with van der Waals surface area (Å²) >= 11 is 1.86. The van der Waals surface area contributed by atoms with E-state index in [1.807, 2.05) is 11.8 Å². The molecule has 4 nitrogen and oxygen atoms in total. The lowest BCUT2D eigenvalue weighted by Gasteiger charge is -2.23. The summed E-state index contributed by atoms with van der Waals surface area (Å²) in [4.78, 5) is 11.8. The smallest absolute Gasteiger partial charge is 0.221 e. The predicted molar refractivity (Wildman–Crippen MR) is 90.5 cm³/mol. The molecular weight excluding hydrogens is 327 g/mol. The van der Waals surface area contributed by atoms with Crippen LogP contribution in [0.4, 0.5) is 4.39 Å². The van der Waals surface area contributed by atoms with Crippen LogP contribution in [-0.4, -0.2) is 42.6 Å². The van der Waals surface area contributed by atoms with Crippen molar-refractivity contribution in [3.05, 3.63) is 30.1 Å². The SMILES string of the molecule is CC(CNC(=O)CC1CSCCN1)Oc1ccccc1F.Cl. The second-order valence-corrected chi connectivity index (χ2v) is 6.24. The molecule has 1 fully saturated rings. The predicted octanol–water partition coefficient (Wildman–Crippen LogP) is 2.23. The number of rotatable bonds is 6. The molecule has 1 aromatic carbocycles. The normalized spacial score (nSPS) is 18.9. The molecule has 0 saturated carbocycles. The molecule has 1 aliphatic rings. The Morgan fingerprint density at radius 3 is 3.00 bits per heavy atom. The molecule has 2 atom stereocenters. The number of ether oxygens (including phenoxy) is 1. The first kappa shape index (κ1) is 19.1. The summed E-state index contributed by atoms with van der Waals surface area (Å²) in [5.41, 5.74) is 0. The van der Waals surface area contributed by atoms with Gasteiger partial charge >= 0.3 is 0 Å². The molecule has 1 saturated heterocycles. The highest BCUT2D eigenvalue weighted by atomic mass is 35.5. The highest BCUT2D eigenvalue weighted by Gasteiger charge is 2.17. The van der Waals surface area contributed by atoms with Gasteiger partial charge in [0.05, 0.1) is 6.54 Å². The Bertz CT molecular complexity index is 473. The van der Waals surface area contributed by atoms with Crippen molar-refractivity contribution in [2.45, 2.75) is 25.5 Å². The highest BCUT2D eigenvalue weighted by Crippen LogP contribution is 2.16. The molecule has 2 N–H and O–H groups in total. The number of amides is 1. The average molecular weight is 349 g/mol. The molecule has 2 unspecified atom stereocenters. The average Bonchev–Trinajstić information content (AvgIpc) is 2.49. The zero-order valence-corrected chi connectivity index (χ0v) is 14.1. The second-order valence-electron chi connectivity index (χ2n) is 5.09. The summed E-state index contributed by atoms with van der Waals surface area (Å²) in [6.07, 6.45) is 0.193. The van der Waals surface area contributed by atoms with E-state index in [9.17, 15) is 9.18 Å². The minimum absolute atomic E-state index is 0. The fraction of sp³-hybridized carbons (Fsp3) is 0.533. The van der Waals surface area contributed by atoms with Crippen molar-refractivity contribution in [2.24, 2.45) is 0 Å². The van der Waals surface area contributed by atoms with E-state index in [-0.39, 0.29) is 42.0 Å². The zero-order valence-electron chi connectivity index (χ0n) is 12.5. The molecule has 0 radical (unpaired) electrons. The second kappa shape index (κ2) is 9.92. The first-order valence-corrected chi connectivity index (χ1v) is 8.29. The van der Waals surface area contributed by atoms with Crippen LogP contribution in [0.1, 0.15) is 13.3 Å². The van der Waals surface area contributed by atoms with E-state index in [1.54, 1.807) is 25.1 Å². The van der Waals surface area contributed by atoms with E-state index in [0.29, 0.717) is 13.0 Å². The van der Waals surface area contributed by atoms with Gasteiger partial charge in [-0.15, -0.1) is 12.4 Å². The van der Waals surface area contributed by atoms with Crippen LogP contribution >= 0.6 is 24.2 Å². The summed E-state index contributed by atoms with van der Waals surface area (Å²) < 4.78 is 18.9. The number of carbonyl (C=O) groups excluding carboxylic acids is 1. The van der Waals surface area contributed by atoms with Gasteiger partial charge in [0.1, 0.15) is 6.10 Å². The third-order valence-corrected chi connectivity index (χ3v) is 4.31. The number of halogens is 2.